The van der Waals surface area contributed by atoms with Gasteiger partial charge in [-0.15, -0.1) is 0 Å². The van der Waals surface area contributed by atoms with Crippen LogP contribution in [0.1, 0.15) is 24.8 Å². The van der Waals surface area contributed by atoms with Crippen LogP contribution in [0, 0.1) is 11.3 Å². The van der Waals surface area contributed by atoms with Crippen molar-refractivity contribution >= 4 is 23.5 Å². The summed E-state index contributed by atoms with van der Waals surface area (Å²) in [6.07, 6.45) is 0.667. The number of benzene rings is 1. The van der Waals surface area contributed by atoms with Crippen LogP contribution in [0.2, 0.25) is 0 Å². The van der Waals surface area contributed by atoms with E-state index >= 15 is 0 Å². The number of hydrogen-bond acceptors (Lipinski definition) is 5. The van der Waals surface area contributed by atoms with Gasteiger partial charge in [0.1, 0.15) is 13.0 Å². The minimum atomic E-state index is -1.02. The van der Waals surface area contributed by atoms with Crippen molar-refractivity contribution in [2.24, 2.45) is 0 Å². The first kappa shape index (κ1) is 18.4. The third-order valence-corrected chi connectivity index (χ3v) is 3.85. The molecule has 1 heterocycles. The Balaban J connectivity index is 1.75. The number of nitriles is 1. The summed E-state index contributed by atoms with van der Waals surface area (Å²) in [6.45, 7) is 0.534. The lowest BCUT2D eigenvalue weighted by molar-refractivity contribution is -0.147. The molecule has 1 aliphatic heterocycles. The highest BCUT2D eigenvalue weighted by molar-refractivity contribution is 6.03. The summed E-state index contributed by atoms with van der Waals surface area (Å²) in [5.41, 5.74) is 1.01. The van der Waals surface area contributed by atoms with Crippen molar-refractivity contribution in [3.05, 3.63) is 29.8 Å². The van der Waals surface area contributed by atoms with Gasteiger partial charge < -0.3 is 20.1 Å². The number of amides is 2. The minimum absolute atomic E-state index is 0.173. The summed E-state index contributed by atoms with van der Waals surface area (Å²) in [7, 11) is 0. The molecule has 25 heavy (non-hydrogen) atoms. The van der Waals surface area contributed by atoms with Crippen LogP contribution in [0.25, 0.3) is 0 Å². The number of carboxylic acid groups (broad SMARTS) is 1. The summed E-state index contributed by atoms with van der Waals surface area (Å²) >= 11 is 0. The average Bonchev–Trinajstić information content (AvgIpc) is 2.61. The number of rotatable bonds is 6. The van der Waals surface area contributed by atoms with Gasteiger partial charge in [0.25, 0.3) is 0 Å². The van der Waals surface area contributed by atoms with E-state index in [9.17, 15) is 14.4 Å². The third-order valence-electron chi connectivity index (χ3n) is 3.85. The van der Waals surface area contributed by atoms with Crippen LogP contribution in [-0.4, -0.2) is 53.6 Å². The van der Waals surface area contributed by atoms with Crippen LogP contribution in [0.3, 0.4) is 0 Å². The van der Waals surface area contributed by atoms with E-state index in [0.29, 0.717) is 37.2 Å². The van der Waals surface area contributed by atoms with Crippen LogP contribution in [0.4, 0.5) is 5.69 Å². The van der Waals surface area contributed by atoms with Crippen LogP contribution in [0.5, 0.6) is 0 Å². The largest absolute Gasteiger partial charge is 0.480 e. The summed E-state index contributed by atoms with van der Waals surface area (Å²) in [5.74, 6) is -1.71. The molecule has 8 heteroatoms. The quantitative estimate of drug-likeness (QED) is 0.742. The van der Waals surface area contributed by atoms with Gasteiger partial charge in [0.05, 0.1) is 17.7 Å². The third kappa shape index (κ3) is 5.90. The first-order chi connectivity index (χ1) is 12.0. The lowest BCUT2D eigenvalue weighted by atomic mass is 10.1. The van der Waals surface area contributed by atoms with Crippen molar-refractivity contribution < 1.29 is 24.2 Å². The van der Waals surface area contributed by atoms with E-state index in [1.807, 2.05) is 6.07 Å². The van der Waals surface area contributed by atoms with E-state index < -0.39 is 11.9 Å². The fourth-order valence-electron chi connectivity index (χ4n) is 2.54. The maximum absolute atomic E-state index is 12.2. The molecule has 0 unspecified atom stereocenters. The van der Waals surface area contributed by atoms with Crippen molar-refractivity contribution in [3.63, 3.8) is 0 Å². The van der Waals surface area contributed by atoms with Gasteiger partial charge in [-0.1, -0.05) is 0 Å². The zero-order chi connectivity index (χ0) is 18.2. The molecule has 2 rings (SSSR count). The van der Waals surface area contributed by atoms with Gasteiger partial charge in [-0.25, -0.2) is 4.79 Å². The minimum Gasteiger partial charge on any atom is -0.480 e. The molecule has 132 valence electrons. The Bertz CT molecular complexity index is 673. The fourth-order valence-corrected chi connectivity index (χ4v) is 2.54. The highest BCUT2D eigenvalue weighted by atomic mass is 16.5. The lowest BCUT2D eigenvalue weighted by Crippen LogP contribution is -2.42. The molecule has 0 aliphatic carbocycles. The second kappa shape index (κ2) is 8.80. The number of ether oxygens (including phenoxy) is 1. The van der Waals surface area contributed by atoms with Crippen molar-refractivity contribution in [2.75, 3.05) is 25.0 Å². The molecule has 1 aromatic carbocycles. The fraction of sp³-hybridized carbons (Fsp3) is 0.412. The topological polar surface area (TPSA) is 120 Å². The normalized spacial score (nSPS) is 14.6. The number of carbonyl (C=O) groups excluding carboxylic acids is 2. The highest BCUT2D eigenvalue weighted by Crippen LogP contribution is 2.15. The molecule has 1 aromatic rings. The van der Waals surface area contributed by atoms with Crippen LogP contribution in [-0.2, 0) is 19.1 Å². The molecule has 1 aliphatic rings. The molecule has 1 saturated heterocycles. The maximum Gasteiger partial charge on any atom is 0.329 e. The lowest BCUT2D eigenvalue weighted by Gasteiger charge is -2.31. The van der Waals surface area contributed by atoms with Crippen LogP contribution >= 0.6 is 0 Å². The molecule has 0 atom stereocenters. The molecular weight excluding hydrogens is 326 g/mol. The monoisotopic (exact) mass is 345 g/mol. The van der Waals surface area contributed by atoms with Crippen molar-refractivity contribution in [2.45, 2.75) is 25.4 Å². The summed E-state index contributed by atoms with van der Waals surface area (Å²) in [6, 6.07) is 8.36. The Labute approximate surface area is 145 Å². The zero-order valence-electron chi connectivity index (χ0n) is 13.6. The molecule has 0 saturated carbocycles. The van der Waals surface area contributed by atoms with Crippen LogP contribution in [0.15, 0.2) is 24.3 Å². The van der Waals surface area contributed by atoms with Gasteiger partial charge in [0.2, 0.25) is 11.8 Å². The van der Waals surface area contributed by atoms with E-state index in [1.165, 1.54) is 0 Å². The second-order valence-electron chi connectivity index (χ2n) is 5.70. The molecule has 1 fully saturated rings. The standard InChI is InChI=1S/C17H19N3O5/c18-10-12-1-3-13(4-2-12)19-15(21)9-16(22)20-7-5-14(6-8-20)25-11-17(23)24/h1-4,14H,5-9,11H2,(H,19,21)(H,23,24). The van der Waals surface area contributed by atoms with E-state index in [4.69, 9.17) is 15.1 Å². The SMILES string of the molecule is N#Cc1ccc(NC(=O)CC(=O)N2CCC(OCC(=O)O)CC2)cc1. The highest BCUT2D eigenvalue weighted by Gasteiger charge is 2.25. The summed E-state index contributed by atoms with van der Waals surface area (Å²) < 4.78 is 5.21. The summed E-state index contributed by atoms with van der Waals surface area (Å²) in [5, 5.41) is 19.9. The summed E-state index contributed by atoms with van der Waals surface area (Å²) in [4.78, 5) is 36.2. The van der Waals surface area contributed by atoms with Gasteiger partial charge in [0, 0.05) is 18.8 Å². The van der Waals surface area contributed by atoms with E-state index in [-0.39, 0.29) is 25.0 Å². The van der Waals surface area contributed by atoms with Gasteiger partial charge in [0.15, 0.2) is 0 Å². The van der Waals surface area contributed by atoms with E-state index in [2.05, 4.69) is 5.32 Å². The number of hydrogen-bond donors (Lipinski definition) is 2. The smallest absolute Gasteiger partial charge is 0.329 e. The first-order valence-corrected chi connectivity index (χ1v) is 7.89. The predicted octanol–water partition coefficient (Wildman–Crippen LogP) is 0.979. The van der Waals surface area contributed by atoms with Crippen molar-refractivity contribution in [3.8, 4) is 6.07 Å². The molecule has 2 amide bonds. The van der Waals surface area contributed by atoms with Gasteiger partial charge >= 0.3 is 5.97 Å². The maximum atomic E-state index is 12.2. The molecular formula is C17H19N3O5. The predicted molar refractivity (Wildman–Crippen MR) is 87.6 cm³/mol. The number of nitrogens with one attached hydrogen (secondary N) is 1. The molecule has 0 spiro atoms. The van der Waals surface area contributed by atoms with E-state index in [0.717, 1.165) is 0 Å². The molecule has 0 bridgehead atoms. The van der Waals surface area contributed by atoms with Gasteiger partial charge in [-0.05, 0) is 37.1 Å². The Kier molecular flexibility index (Phi) is 6.48. The van der Waals surface area contributed by atoms with Gasteiger partial charge in [-0.2, -0.15) is 5.26 Å². The van der Waals surface area contributed by atoms with Gasteiger partial charge in [-0.3, -0.25) is 9.59 Å². The van der Waals surface area contributed by atoms with Crippen molar-refractivity contribution in [1.29, 1.82) is 5.26 Å². The Hall–Kier alpha value is -2.92. The first-order valence-electron chi connectivity index (χ1n) is 7.89. The number of aliphatic carboxylic acids is 1. The number of carbonyl (C=O) groups is 3. The van der Waals surface area contributed by atoms with Crippen molar-refractivity contribution in [1.82, 2.24) is 4.90 Å². The number of carboxylic acids is 1. The van der Waals surface area contributed by atoms with E-state index in [1.54, 1.807) is 29.2 Å². The molecule has 8 nitrogen and oxygen atoms in total. The second-order valence-corrected chi connectivity index (χ2v) is 5.70. The molecule has 0 aromatic heterocycles. The molecule has 2 N–H and O–H groups in total. The molecule has 0 radical (unpaired) electrons. The average molecular weight is 345 g/mol. The number of piperidine rings is 1. The number of anilines is 1. The zero-order valence-corrected chi connectivity index (χ0v) is 13.6. The van der Waals surface area contributed by atoms with Crippen LogP contribution < -0.4 is 5.32 Å². The number of likely N-dealkylation sites (tertiary alicyclic amines) is 1. The Morgan fingerprint density at radius 3 is 2.44 bits per heavy atom. The number of nitrogens with zero attached hydrogens (tertiary/aromatic N) is 2. The Morgan fingerprint density at radius 1 is 1.24 bits per heavy atom. The Morgan fingerprint density at radius 2 is 1.88 bits per heavy atom.